The lowest BCUT2D eigenvalue weighted by Gasteiger charge is -2.13. The quantitative estimate of drug-likeness (QED) is 0.702. The Labute approximate surface area is 83.9 Å². The molecule has 1 aromatic heterocycles. The molecule has 0 aliphatic heterocycles. The highest BCUT2D eigenvalue weighted by atomic mass is 15.2. The first kappa shape index (κ1) is 10.3. The van der Waals surface area contributed by atoms with E-state index in [0.717, 1.165) is 6.42 Å². The molecule has 0 aliphatic rings. The normalized spacial score (nSPS) is 11.7. The Hall–Kier alpha value is -1.76. The van der Waals surface area contributed by atoms with Crippen LogP contribution in [0.25, 0.3) is 0 Å². The third-order valence-corrected chi connectivity index (χ3v) is 1.89. The SMILES string of the molecule is C#CCC(CC)Nc1ccc(N)nn1. The molecule has 1 rings (SSSR count). The van der Waals surface area contributed by atoms with Crippen molar-refractivity contribution >= 4 is 11.6 Å². The van der Waals surface area contributed by atoms with Gasteiger partial charge >= 0.3 is 0 Å². The first-order valence-electron chi connectivity index (χ1n) is 4.55. The third-order valence-electron chi connectivity index (χ3n) is 1.89. The fraction of sp³-hybridized carbons (Fsp3) is 0.400. The molecule has 74 valence electrons. The molecule has 0 aromatic carbocycles. The van der Waals surface area contributed by atoms with Gasteiger partial charge in [-0.2, -0.15) is 0 Å². The number of hydrogen-bond donors (Lipinski definition) is 2. The summed E-state index contributed by atoms with van der Waals surface area (Å²) in [6.07, 6.45) is 6.87. The van der Waals surface area contributed by atoms with Crippen LogP contribution >= 0.6 is 0 Å². The molecule has 1 atom stereocenters. The topological polar surface area (TPSA) is 63.8 Å². The zero-order valence-corrected chi connectivity index (χ0v) is 8.20. The van der Waals surface area contributed by atoms with Gasteiger partial charge in [-0.1, -0.05) is 6.92 Å². The number of rotatable bonds is 4. The number of aromatic nitrogens is 2. The first-order chi connectivity index (χ1) is 6.76. The second-order valence-electron chi connectivity index (χ2n) is 3.00. The fourth-order valence-electron chi connectivity index (χ4n) is 1.07. The number of nitrogen functional groups attached to an aromatic ring is 1. The predicted molar refractivity (Wildman–Crippen MR) is 57.6 cm³/mol. The zero-order valence-electron chi connectivity index (χ0n) is 8.20. The maximum atomic E-state index is 5.41. The maximum Gasteiger partial charge on any atom is 0.149 e. The molecule has 3 N–H and O–H groups in total. The third kappa shape index (κ3) is 2.94. The summed E-state index contributed by atoms with van der Waals surface area (Å²) in [7, 11) is 0. The van der Waals surface area contributed by atoms with Crippen molar-refractivity contribution in [2.45, 2.75) is 25.8 Å². The average Bonchev–Trinajstić information content (AvgIpc) is 2.20. The van der Waals surface area contributed by atoms with Gasteiger partial charge in [-0.3, -0.25) is 0 Å². The van der Waals surface area contributed by atoms with E-state index in [9.17, 15) is 0 Å². The number of nitrogens with one attached hydrogen (secondary N) is 1. The molecule has 0 bridgehead atoms. The molecule has 1 aromatic rings. The number of nitrogens with zero attached hydrogens (tertiary/aromatic N) is 2. The minimum absolute atomic E-state index is 0.248. The van der Waals surface area contributed by atoms with Gasteiger partial charge < -0.3 is 11.1 Å². The number of terminal acetylenes is 1. The summed E-state index contributed by atoms with van der Waals surface area (Å²) >= 11 is 0. The van der Waals surface area contributed by atoms with Crippen molar-refractivity contribution in [1.29, 1.82) is 0 Å². The number of nitrogens with two attached hydrogens (primary N) is 1. The van der Waals surface area contributed by atoms with Gasteiger partial charge in [-0.05, 0) is 18.6 Å². The molecule has 4 heteroatoms. The number of hydrogen-bond acceptors (Lipinski definition) is 4. The molecule has 1 unspecified atom stereocenters. The largest absolute Gasteiger partial charge is 0.382 e. The highest BCUT2D eigenvalue weighted by Gasteiger charge is 2.04. The van der Waals surface area contributed by atoms with Crippen molar-refractivity contribution < 1.29 is 0 Å². The minimum Gasteiger partial charge on any atom is -0.382 e. The molecule has 0 saturated heterocycles. The summed E-state index contributed by atoms with van der Waals surface area (Å²) < 4.78 is 0. The van der Waals surface area contributed by atoms with E-state index in [1.54, 1.807) is 12.1 Å². The van der Waals surface area contributed by atoms with E-state index in [0.29, 0.717) is 18.1 Å². The fourth-order valence-corrected chi connectivity index (χ4v) is 1.07. The van der Waals surface area contributed by atoms with Gasteiger partial charge in [0.1, 0.15) is 11.6 Å². The Bertz CT molecular complexity index is 312. The van der Waals surface area contributed by atoms with Crippen molar-refractivity contribution in [3.05, 3.63) is 12.1 Å². The molecular weight excluding hydrogens is 176 g/mol. The molecular formula is C10H14N4. The minimum atomic E-state index is 0.248. The monoisotopic (exact) mass is 190 g/mol. The van der Waals surface area contributed by atoms with Gasteiger partial charge in [-0.25, -0.2) is 0 Å². The number of anilines is 2. The molecule has 0 spiro atoms. The van der Waals surface area contributed by atoms with E-state index in [4.69, 9.17) is 12.2 Å². The molecule has 0 radical (unpaired) electrons. The van der Waals surface area contributed by atoms with Crippen molar-refractivity contribution in [1.82, 2.24) is 10.2 Å². The summed E-state index contributed by atoms with van der Waals surface area (Å²) in [4.78, 5) is 0. The second kappa shape index (κ2) is 5.07. The van der Waals surface area contributed by atoms with Crippen LogP contribution in [0.15, 0.2) is 12.1 Å². The van der Waals surface area contributed by atoms with Crippen LogP contribution in [-0.2, 0) is 0 Å². The Kier molecular flexibility index (Phi) is 3.74. The molecule has 0 aliphatic carbocycles. The summed E-state index contributed by atoms with van der Waals surface area (Å²) in [6, 6.07) is 3.75. The van der Waals surface area contributed by atoms with E-state index in [1.807, 2.05) is 0 Å². The summed E-state index contributed by atoms with van der Waals surface area (Å²) in [5.74, 6) is 3.74. The van der Waals surface area contributed by atoms with Crippen LogP contribution in [0.1, 0.15) is 19.8 Å². The smallest absolute Gasteiger partial charge is 0.149 e. The van der Waals surface area contributed by atoms with Gasteiger partial charge in [0.25, 0.3) is 0 Å². The van der Waals surface area contributed by atoms with Crippen LogP contribution in [0.5, 0.6) is 0 Å². The Morgan fingerprint density at radius 1 is 1.57 bits per heavy atom. The first-order valence-corrected chi connectivity index (χ1v) is 4.55. The Balaban J connectivity index is 2.59. The van der Waals surface area contributed by atoms with Crippen molar-refractivity contribution in [3.63, 3.8) is 0 Å². The average molecular weight is 190 g/mol. The van der Waals surface area contributed by atoms with Gasteiger partial charge in [0.2, 0.25) is 0 Å². The van der Waals surface area contributed by atoms with Gasteiger partial charge in [-0.15, -0.1) is 22.5 Å². The van der Waals surface area contributed by atoms with Gasteiger partial charge in [0.05, 0.1) is 0 Å². The molecule has 1 heterocycles. The van der Waals surface area contributed by atoms with Crippen LogP contribution in [0.4, 0.5) is 11.6 Å². The van der Waals surface area contributed by atoms with Crippen LogP contribution in [0.2, 0.25) is 0 Å². The Morgan fingerprint density at radius 2 is 2.36 bits per heavy atom. The Morgan fingerprint density at radius 3 is 2.86 bits per heavy atom. The lowest BCUT2D eigenvalue weighted by atomic mass is 10.1. The maximum absolute atomic E-state index is 5.41. The van der Waals surface area contributed by atoms with E-state index >= 15 is 0 Å². The predicted octanol–water partition coefficient (Wildman–Crippen LogP) is 1.27. The zero-order chi connectivity index (χ0) is 10.4. The lowest BCUT2D eigenvalue weighted by Crippen LogP contribution is -2.18. The van der Waals surface area contributed by atoms with Crippen molar-refractivity contribution in [2.75, 3.05) is 11.1 Å². The molecule has 14 heavy (non-hydrogen) atoms. The second-order valence-corrected chi connectivity index (χ2v) is 3.00. The van der Waals surface area contributed by atoms with Gasteiger partial charge in [0.15, 0.2) is 0 Å². The van der Waals surface area contributed by atoms with Crippen LogP contribution < -0.4 is 11.1 Å². The lowest BCUT2D eigenvalue weighted by molar-refractivity contribution is 0.709. The highest BCUT2D eigenvalue weighted by molar-refractivity contribution is 5.39. The summed E-state index contributed by atoms with van der Waals surface area (Å²) in [5.41, 5.74) is 5.41. The van der Waals surface area contributed by atoms with Gasteiger partial charge in [0, 0.05) is 12.5 Å². The highest BCUT2D eigenvalue weighted by Crippen LogP contribution is 2.08. The van der Waals surface area contributed by atoms with E-state index < -0.39 is 0 Å². The van der Waals surface area contributed by atoms with Crippen LogP contribution in [0.3, 0.4) is 0 Å². The van der Waals surface area contributed by atoms with Crippen molar-refractivity contribution in [3.8, 4) is 12.3 Å². The van der Waals surface area contributed by atoms with Crippen molar-refractivity contribution in [2.24, 2.45) is 0 Å². The van der Waals surface area contributed by atoms with E-state index in [-0.39, 0.29) is 6.04 Å². The van der Waals surface area contributed by atoms with Crippen LogP contribution in [0, 0.1) is 12.3 Å². The summed E-state index contributed by atoms with van der Waals surface area (Å²) in [5, 5.41) is 10.8. The molecule has 0 fully saturated rings. The molecule has 0 saturated carbocycles. The van der Waals surface area contributed by atoms with E-state index in [2.05, 4.69) is 28.4 Å². The summed E-state index contributed by atoms with van der Waals surface area (Å²) in [6.45, 7) is 2.07. The van der Waals surface area contributed by atoms with Crippen LogP contribution in [-0.4, -0.2) is 16.2 Å². The standard InChI is InChI=1S/C10H14N4/c1-3-5-8(4-2)12-10-7-6-9(11)13-14-10/h1,6-8H,4-5H2,2H3,(H2,11,13)(H,12,14). The molecule has 0 amide bonds. The van der Waals surface area contributed by atoms with E-state index in [1.165, 1.54) is 0 Å². The molecule has 4 nitrogen and oxygen atoms in total.